The summed E-state index contributed by atoms with van der Waals surface area (Å²) in [4.78, 5) is 12.9. The van der Waals surface area contributed by atoms with Crippen LogP contribution in [0.2, 0.25) is 0 Å². The van der Waals surface area contributed by atoms with Crippen LogP contribution in [0.5, 0.6) is 0 Å². The Labute approximate surface area is 312 Å². The molecule has 0 aromatic heterocycles. The SMILES string of the molecule is CCCCCCCCC/C=C/C(O)C(COC1OC(CO)C(O)C(O)C1O)NC(=O)CCCCCCCCCCCCCCCCCCCCC. The van der Waals surface area contributed by atoms with E-state index in [0.29, 0.717) is 6.42 Å². The molecule has 0 radical (unpaired) electrons. The van der Waals surface area contributed by atoms with Crippen LogP contribution in [-0.2, 0) is 14.3 Å². The van der Waals surface area contributed by atoms with Crippen LogP contribution in [0.3, 0.4) is 0 Å². The first-order valence-corrected chi connectivity index (χ1v) is 21.4. The average molecular weight is 728 g/mol. The second-order valence-corrected chi connectivity index (χ2v) is 15.1. The van der Waals surface area contributed by atoms with E-state index >= 15 is 0 Å². The molecule has 0 aliphatic carbocycles. The fourth-order valence-electron chi connectivity index (χ4n) is 6.86. The fourth-order valence-corrected chi connectivity index (χ4v) is 6.86. The number of aliphatic hydroxyl groups is 5. The number of amides is 1. The van der Waals surface area contributed by atoms with Crippen molar-refractivity contribution in [2.75, 3.05) is 13.2 Å². The summed E-state index contributed by atoms with van der Waals surface area (Å²) in [6, 6.07) is -0.796. The van der Waals surface area contributed by atoms with Crippen molar-refractivity contribution in [3.8, 4) is 0 Å². The molecule has 1 heterocycles. The first kappa shape index (κ1) is 48.0. The van der Waals surface area contributed by atoms with Crippen LogP contribution in [-0.4, -0.2) is 87.5 Å². The molecule has 1 saturated heterocycles. The molecule has 9 nitrogen and oxygen atoms in total. The van der Waals surface area contributed by atoms with Crippen molar-refractivity contribution < 1.29 is 39.8 Å². The Hall–Kier alpha value is -1.07. The van der Waals surface area contributed by atoms with Gasteiger partial charge in [0.15, 0.2) is 6.29 Å². The van der Waals surface area contributed by atoms with Crippen LogP contribution in [0.4, 0.5) is 0 Å². The third-order valence-corrected chi connectivity index (χ3v) is 10.4. The highest BCUT2D eigenvalue weighted by molar-refractivity contribution is 5.76. The summed E-state index contributed by atoms with van der Waals surface area (Å²) >= 11 is 0. The lowest BCUT2D eigenvalue weighted by Crippen LogP contribution is -2.60. The Morgan fingerprint density at radius 3 is 1.53 bits per heavy atom. The van der Waals surface area contributed by atoms with E-state index in [2.05, 4.69) is 19.2 Å². The molecule has 6 N–H and O–H groups in total. The first-order valence-electron chi connectivity index (χ1n) is 21.4. The summed E-state index contributed by atoms with van der Waals surface area (Å²) in [6.07, 6.45) is 29.8. The van der Waals surface area contributed by atoms with Crippen LogP contribution in [0.1, 0.15) is 194 Å². The highest BCUT2D eigenvalue weighted by Crippen LogP contribution is 2.22. The maximum Gasteiger partial charge on any atom is 0.220 e. The zero-order valence-electron chi connectivity index (χ0n) is 32.9. The van der Waals surface area contributed by atoms with E-state index in [-0.39, 0.29) is 12.5 Å². The second kappa shape index (κ2) is 33.5. The van der Waals surface area contributed by atoms with E-state index in [1.165, 1.54) is 135 Å². The molecule has 302 valence electrons. The summed E-state index contributed by atoms with van der Waals surface area (Å²) < 4.78 is 11.2. The van der Waals surface area contributed by atoms with Crippen LogP contribution in [0, 0.1) is 0 Å². The van der Waals surface area contributed by atoms with Gasteiger partial charge >= 0.3 is 0 Å². The quantitative estimate of drug-likeness (QED) is 0.0283. The molecule has 0 spiro atoms. The second-order valence-electron chi connectivity index (χ2n) is 15.1. The van der Waals surface area contributed by atoms with Gasteiger partial charge in [0.2, 0.25) is 5.91 Å². The predicted octanol–water partition coefficient (Wildman–Crippen LogP) is 8.17. The van der Waals surface area contributed by atoms with Gasteiger partial charge in [0, 0.05) is 6.42 Å². The van der Waals surface area contributed by atoms with Crippen LogP contribution in [0.25, 0.3) is 0 Å². The van der Waals surface area contributed by atoms with Gasteiger partial charge in [-0.1, -0.05) is 180 Å². The topological polar surface area (TPSA) is 149 Å². The van der Waals surface area contributed by atoms with Crippen molar-refractivity contribution in [2.24, 2.45) is 0 Å². The molecule has 9 heteroatoms. The highest BCUT2D eigenvalue weighted by Gasteiger charge is 2.44. The number of carbonyl (C=O) groups excluding carboxylic acids is 1. The van der Waals surface area contributed by atoms with Gasteiger partial charge in [0.1, 0.15) is 24.4 Å². The van der Waals surface area contributed by atoms with Crippen molar-refractivity contribution in [1.82, 2.24) is 5.32 Å². The van der Waals surface area contributed by atoms with Crippen molar-refractivity contribution >= 4 is 5.91 Å². The van der Waals surface area contributed by atoms with Crippen LogP contribution in [0.15, 0.2) is 12.2 Å². The van der Waals surface area contributed by atoms with Gasteiger partial charge in [0.05, 0.1) is 25.4 Å². The lowest BCUT2D eigenvalue weighted by atomic mass is 9.99. The van der Waals surface area contributed by atoms with Crippen LogP contribution >= 0.6 is 0 Å². The van der Waals surface area contributed by atoms with E-state index < -0.39 is 49.5 Å². The number of carbonyl (C=O) groups is 1. The van der Waals surface area contributed by atoms with Gasteiger partial charge in [-0.15, -0.1) is 0 Å². The maximum atomic E-state index is 12.9. The average Bonchev–Trinajstić information content (AvgIpc) is 3.13. The molecule has 1 rings (SSSR count). The molecule has 1 fully saturated rings. The number of ether oxygens (including phenoxy) is 2. The number of nitrogens with one attached hydrogen (secondary N) is 1. The van der Waals surface area contributed by atoms with Gasteiger partial charge in [-0.25, -0.2) is 0 Å². The zero-order valence-corrected chi connectivity index (χ0v) is 32.9. The summed E-state index contributed by atoms with van der Waals surface area (Å²) in [5, 5.41) is 53.9. The molecule has 51 heavy (non-hydrogen) atoms. The third kappa shape index (κ3) is 24.8. The first-order chi connectivity index (χ1) is 24.8. The monoisotopic (exact) mass is 728 g/mol. The molecule has 1 amide bonds. The fraction of sp³-hybridized carbons (Fsp3) is 0.929. The summed E-state index contributed by atoms with van der Waals surface area (Å²) in [5.74, 6) is -0.177. The minimum atomic E-state index is -1.56. The Balaban J connectivity index is 2.30. The third-order valence-electron chi connectivity index (χ3n) is 10.4. The highest BCUT2D eigenvalue weighted by atomic mass is 16.7. The Kier molecular flexibility index (Phi) is 31.5. The maximum absolute atomic E-state index is 12.9. The zero-order chi connectivity index (χ0) is 37.4. The molecule has 0 bridgehead atoms. The minimum Gasteiger partial charge on any atom is -0.394 e. The molecule has 0 aromatic rings. The Morgan fingerprint density at radius 2 is 1.08 bits per heavy atom. The molecule has 7 atom stereocenters. The summed E-state index contributed by atoms with van der Waals surface area (Å²) in [5.41, 5.74) is 0. The standard InChI is InChI=1S/C42H81NO8/c1-3-5-7-9-11-13-14-15-16-17-18-19-20-21-22-24-26-28-30-32-38(46)43-35(36(45)31-29-27-25-23-12-10-8-6-4-2)34-50-42-41(49)40(48)39(47)37(33-44)51-42/h29,31,35-37,39-42,44-45,47-49H,3-28,30,32-34H2,1-2H3,(H,43,46)/b31-29+. The van der Waals surface area contributed by atoms with E-state index in [9.17, 15) is 30.3 Å². The number of allylic oxidation sites excluding steroid dienone is 1. The van der Waals surface area contributed by atoms with Gasteiger partial charge in [-0.05, 0) is 19.3 Å². The van der Waals surface area contributed by atoms with E-state index in [1.807, 2.05) is 6.08 Å². The minimum absolute atomic E-state index is 0.177. The molecule has 0 saturated carbocycles. The van der Waals surface area contributed by atoms with Crippen LogP contribution < -0.4 is 5.32 Å². The van der Waals surface area contributed by atoms with Crippen molar-refractivity contribution in [1.29, 1.82) is 0 Å². The predicted molar refractivity (Wildman–Crippen MR) is 207 cm³/mol. The Morgan fingerprint density at radius 1 is 0.647 bits per heavy atom. The van der Waals surface area contributed by atoms with Gasteiger partial charge in [-0.3, -0.25) is 4.79 Å². The van der Waals surface area contributed by atoms with Crippen molar-refractivity contribution in [3.63, 3.8) is 0 Å². The molecule has 1 aliphatic heterocycles. The summed E-state index contributed by atoms with van der Waals surface area (Å²) in [6.45, 7) is 3.74. The number of hydrogen-bond acceptors (Lipinski definition) is 8. The van der Waals surface area contributed by atoms with Gasteiger partial charge < -0.3 is 40.3 Å². The Bertz CT molecular complexity index is 812. The van der Waals surface area contributed by atoms with E-state index in [0.717, 1.165) is 38.5 Å². The lowest BCUT2D eigenvalue weighted by Gasteiger charge is -2.40. The molecular weight excluding hydrogens is 646 g/mol. The molecule has 0 aromatic carbocycles. The number of aliphatic hydroxyl groups excluding tert-OH is 5. The van der Waals surface area contributed by atoms with E-state index in [1.54, 1.807) is 6.08 Å². The molecular formula is C42H81NO8. The van der Waals surface area contributed by atoms with Crippen molar-refractivity contribution in [3.05, 3.63) is 12.2 Å². The van der Waals surface area contributed by atoms with Gasteiger partial charge in [-0.2, -0.15) is 0 Å². The van der Waals surface area contributed by atoms with Crippen molar-refractivity contribution in [2.45, 2.75) is 236 Å². The summed E-state index contributed by atoms with van der Waals surface area (Å²) in [7, 11) is 0. The molecule has 7 unspecified atom stereocenters. The number of unbranched alkanes of at least 4 members (excludes halogenated alkanes) is 25. The van der Waals surface area contributed by atoms with E-state index in [4.69, 9.17) is 9.47 Å². The number of hydrogen-bond donors (Lipinski definition) is 6. The largest absolute Gasteiger partial charge is 0.394 e. The number of rotatable bonds is 35. The van der Waals surface area contributed by atoms with Gasteiger partial charge in [0.25, 0.3) is 0 Å². The lowest BCUT2D eigenvalue weighted by molar-refractivity contribution is -0.302. The molecule has 1 aliphatic rings. The smallest absolute Gasteiger partial charge is 0.220 e. The normalized spacial score (nSPS) is 22.1.